The van der Waals surface area contributed by atoms with Crippen LogP contribution in [0, 0.1) is 12.8 Å². The molecule has 3 heteroatoms. The van der Waals surface area contributed by atoms with Crippen molar-refractivity contribution in [1.29, 1.82) is 0 Å². The van der Waals surface area contributed by atoms with Gasteiger partial charge in [0, 0.05) is 25.0 Å². The number of aryl methyl sites for hydroxylation is 1. The summed E-state index contributed by atoms with van der Waals surface area (Å²) in [5, 5.41) is 3.39. The van der Waals surface area contributed by atoms with E-state index in [4.69, 9.17) is 10.5 Å². The fraction of sp³-hybridized carbons (Fsp3) is 0.500. The van der Waals surface area contributed by atoms with E-state index in [1.165, 1.54) is 5.56 Å². The van der Waals surface area contributed by atoms with Crippen molar-refractivity contribution in [3.05, 3.63) is 23.8 Å². The van der Waals surface area contributed by atoms with Crippen molar-refractivity contribution in [1.82, 2.24) is 0 Å². The van der Waals surface area contributed by atoms with E-state index in [0.29, 0.717) is 5.92 Å². The van der Waals surface area contributed by atoms with Crippen LogP contribution in [0.1, 0.15) is 12.5 Å². The second-order valence-electron chi connectivity index (χ2n) is 4.02. The van der Waals surface area contributed by atoms with Gasteiger partial charge in [-0.15, -0.1) is 0 Å². The van der Waals surface area contributed by atoms with E-state index < -0.39 is 0 Å². The lowest BCUT2D eigenvalue weighted by Crippen LogP contribution is -2.16. The fourth-order valence-electron chi connectivity index (χ4n) is 1.51. The maximum Gasteiger partial charge on any atom is 0.0504 e. The Morgan fingerprint density at radius 2 is 2.20 bits per heavy atom. The van der Waals surface area contributed by atoms with Gasteiger partial charge in [-0.1, -0.05) is 6.92 Å². The zero-order valence-electron chi connectivity index (χ0n) is 9.71. The van der Waals surface area contributed by atoms with Crippen molar-refractivity contribution >= 4 is 11.4 Å². The average molecular weight is 208 g/mol. The molecule has 0 heterocycles. The lowest BCUT2D eigenvalue weighted by molar-refractivity contribution is 0.164. The molecule has 0 spiro atoms. The Hall–Kier alpha value is -1.22. The molecule has 15 heavy (non-hydrogen) atoms. The molecule has 3 N–H and O–H groups in total. The van der Waals surface area contributed by atoms with Gasteiger partial charge in [0.1, 0.15) is 0 Å². The highest BCUT2D eigenvalue weighted by Gasteiger charge is 2.02. The minimum Gasteiger partial charge on any atom is -0.399 e. The molecule has 0 aliphatic heterocycles. The fourth-order valence-corrected chi connectivity index (χ4v) is 1.51. The Kier molecular flexibility index (Phi) is 4.43. The number of ether oxygens (including phenoxy) is 1. The number of nitrogens with two attached hydrogens (primary N) is 1. The SMILES string of the molecule is COCC(C)CNc1ccc(N)cc1C. The van der Waals surface area contributed by atoms with Crippen LogP contribution in [0.25, 0.3) is 0 Å². The minimum atomic E-state index is 0.506. The molecule has 0 saturated heterocycles. The summed E-state index contributed by atoms with van der Waals surface area (Å²) in [6.45, 7) is 5.91. The number of rotatable bonds is 5. The molecule has 84 valence electrons. The minimum absolute atomic E-state index is 0.506. The predicted molar refractivity (Wildman–Crippen MR) is 65.1 cm³/mol. The van der Waals surface area contributed by atoms with Gasteiger partial charge in [-0.25, -0.2) is 0 Å². The van der Waals surface area contributed by atoms with Crippen LogP contribution >= 0.6 is 0 Å². The molecule has 1 rings (SSSR count). The van der Waals surface area contributed by atoms with Gasteiger partial charge in [-0.3, -0.25) is 0 Å². The van der Waals surface area contributed by atoms with E-state index in [-0.39, 0.29) is 0 Å². The molecule has 0 aromatic heterocycles. The third-order valence-corrected chi connectivity index (χ3v) is 2.34. The molecular formula is C12H20N2O. The standard InChI is InChI=1S/C12H20N2O/c1-9(8-15-3)7-14-12-5-4-11(13)6-10(12)2/h4-6,9,14H,7-8,13H2,1-3H3. The third-order valence-electron chi connectivity index (χ3n) is 2.34. The second kappa shape index (κ2) is 5.61. The van der Waals surface area contributed by atoms with E-state index >= 15 is 0 Å². The summed E-state index contributed by atoms with van der Waals surface area (Å²) in [4.78, 5) is 0. The van der Waals surface area contributed by atoms with Crippen LogP contribution in [0.15, 0.2) is 18.2 Å². The summed E-state index contributed by atoms with van der Waals surface area (Å²) in [6.07, 6.45) is 0. The Morgan fingerprint density at radius 1 is 1.47 bits per heavy atom. The van der Waals surface area contributed by atoms with Gasteiger partial charge in [0.05, 0.1) is 6.61 Å². The van der Waals surface area contributed by atoms with E-state index in [9.17, 15) is 0 Å². The summed E-state index contributed by atoms with van der Waals surface area (Å²) in [7, 11) is 1.73. The number of nitrogens with one attached hydrogen (secondary N) is 1. The van der Waals surface area contributed by atoms with E-state index in [1.807, 2.05) is 18.2 Å². The highest BCUT2D eigenvalue weighted by molar-refractivity contribution is 5.57. The van der Waals surface area contributed by atoms with Crippen LogP contribution < -0.4 is 11.1 Å². The van der Waals surface area contributed by atoms with Gasteiger partial charge >= 0.3 is 0 Å². The predicted octanol–water partition coefficient (Wildman–Crippen LogP) is 2.27. The highest BCUT2D eigenvalue weighted by atomic mass is 16.5. The Bertz CT molecular complexity index is 312. The van der Waals surface area contributed by atoms with Crippen molar-refractivity contribution in [3.63, 3.8) is 0 Å². The van der Waals surface area contributed by atoms with Crippen molar-refractivity contribution in [2.75, 3.05) is 31.3 Å². The third kappa shape index (κ3) is 3.80. The Balaban J connectivity index is 2.50. The molecule has 1 unspecified atom stereocenters. The van der Waals surface area contributed by atoms with Gasteiger partial charge in [-0.2, -0.15) is 0 Å². The average Bonchev–Trinajstić information content (AvgIpc) is 2.17. The maximum absolute atomic E-state index is 5.68. The number of hydrogen-bond donors (Lipinski definition) is 2. The van der Waals surface area contributed by atoms with Crippen molar-refractivity contribution in [3.8, 4) is 0 Å². The largest absolute Gasteiger partial charge is 0.399 e. The number of methoxy groups -OCH3 is 1. The molecule has 1 atom stereocenters. The molecule has 0 fully saturated rings. The van der Waals surface area contributed by atoms with Gasteiger partial charge in [-0.05, 0) is 36.6 Å². The van der Waals surface area contributed by atoms with E-state index in [1.54, 1.807) is 7.11 Å². The maximum atomic E-state index is 5.68. The molecule has 0 radical (unpaired) electrons. The monoisotopic (exact) mass is 208 g/mol. The topological polar surface area (TPSA) is 47.3 Å². The summed E-state index contributed by atoms with van der Waals surface area (Å²) in [5.74, 6) is 0.506. The van der Waals surface area contributed by atoms with Crippen LogP contribution in [-0.4, -0.2) is 20.3 Å². The summed E-state index contributed by atoms with van der Waals surface area (Å²) in [6, 6.07) is 5.91. The van der Waals surface area contributed by atoms with Crippen LogP contribution in [0.3, 0.4) is 0 Å². The molecule has 1 aromatic carbocycles. The zero-order chi connectivity index (χ0) is 11.3. The molecule has 3 nitrogen and oxygen atoms in total. The van der Waals surface area contributed by atoms with Crippen molar-refractivity contribution in [2.24, 2.45) is 5.92 Å². The second-order valence-corrected chi connectivity index (χ2v) is 4.02. The van der Waals surface area contributed by atoms with Crippen LogP contribution in [-0.2, 0) is 4.74 Å². The quantitative estimate of drug-likeness (QED) is 0.730. The zero-order valence-corrected chi connectivity index (χ0v) is 9.71. The van der Waals surface area contributed by atoms with Crippen molar-refractivity contribution < 1.29 is 4.74 Å². The van der Waals surface area contributed by atoms with Crippen LogP contribution in [0.2, 0.25) is 0 Å². The first-order valence-corrected chi connectivity index (χ1v) is 5.22. The van der Waals surface area contributed by atoms with Gasteiger partial charge < -0.3 is 15.8 Å². The number of benzene rings is 1. The van der Waals surface area contributed by atoms with Gasteiger partial charge in [0.25, 0.3) is 0 Å². The smallest absolute Gasteiger partial charge is 0.0504 e. The first kappa shape index (κ1) is 11.9. The van der Waals surface area contributed by atoms with Gasteiger partial charge in [0.15, 0.2) is 0 Å². The van der Waals surface area contributed by atoms with Crippen LogP contribution in [0.4, 0.5) is 11.4 Å². The first-order chi connectivity index (χ1) is 7.13. The lowest BCUT2D eigenvalue weighted by atomic mass is 10.1. The number of anilines is 2. The van der Waals surface area contributed by atoms with Gasteiger partial charge in [0.2, 0.25) is 0 Å². The Labute approximate surface area is 91.6 Å². The molecule has 0 amide bonds. The number of hydrogen-bond acceptors (Lipinski definition) is 3. The summed E-state index contributed by atoms with van der Waals surface area (Å²) >= 11 is 0. The van der Waals surface area contributed by atoms with Crippen molar-refractivity contribution in [2.45, 2.75) is 13.8 Å². The van der Waals surface area contributed by atoms with E-state index in [0.717, 1.165) is 24.5 Å². The molecule has 0 aliphatic carbocycles. The molecule has 0 bridgehead atoms. The summed E-state index contributed by atoms with van der Waals surface area (Å²) in [5.41, 5.74) is 8.82. The van der Waals surface area contributed by atoms with Crippen LogP contribution in [0.5, 0.6) is 0 Å². The molecule has 0 aliphatic rings. The summed E-state index contributed by atoms with van der Waals surface area (Å²) < 4.78 is 5.08. The normalized spacial score (nSPS) is 12.5. The first-order valence-electron chi connectivity index (χ1n) is 5.22. The lowest BCUT2D eigenvalue weighted by Gasteiger charge is -2.14. The number of nitrogen functional groups attached to an aromatic ring is 1. The molecule has 1 aromatic rings. The Morgan fingerprint density at radius 3 is 2.80 bits per heavy atom. The van der Waals surface area contributed by atoms with E-state index in [2.05, 4.69) is 19.2 Å². The molecular weight excluding hydrogens is 188 g/mol. The highest BCUT2D eigenvalue weighted by Crippen LogP contribution is 2.17. The molecule has 0 saturated carbocycles.